The van der Waals surface area contributed by atoms with Crippen LogP contribution in [0.15, 0.2) is 45.6 Å². The zero-order chi connectivity index (χ0) is 28.9. The fourth-order valence-corrected chi connectivity index (χ4v) is 7.71. The zero-order valence-corrected chi connectivity index (χ0v) is 23.9. The molecule has 6 rings (SSSR count). The number of carbonyl (C=O) groups excluding carboxylic acids is 2. The first-order chi connectivity index (χ1) is 19.5. The van der Waals surface area contributed by atoms with Crippen molar-refractivity contribution in [2.24, 2.45) is 17.8 Å². The zero-order valence-electron chi connectivity index (χ0n) is 23.9. The maximum atomic E-state index is 13.6. The third-order valence-electron chi connectivity index (χ3n) is 10.1. The Morgan fingerprint density at radius 1 is 0.951 bits per heavy atom. The Bertz CT molecular complexity index is 1320. The summed E-state index contributed by atoms with van der Waals surface area (Å²) < 4.78 is 32.5. The Morgan fingerprint density at radius 2 is 1.59 bits per heavy atom. The molecule has 7 nitrogen and oxygen atoms in total. The summed E-state index contributed by atoms with van der Waals surface area (Å²) in [5, 5.41) is 0. The van der Waals surface area contributed by atoms with Crippen LogP contribution >= 0.6 is 0 Å². The number of aryl methyl sites for hydroxylation is 2. The summed E-state index contributed by atoms with van der Waals surface area (Å²) in [6, 6.07) is 11.7. The fraction of sp³-hybridized carbons (Fsp3) is 0.594. The standard InChI is InChI=1S/C32H39F2N3O4/c1-21-14-27(38)41-22(2)28(21)30(40)36-17-24-15-35(16-25(24)18-36)13-12-31(26-6-4-3-5-7-26)19-37(20-31)29(39)23-8-10-32(33,34)11-9-23/h3-7,14,23-25H,8-13,15-20H2,1-2H3. The van der Waals surface area contributed by atoms with Crippen LogP contribution in [0.5, 0.6) is 0 Å². The molecule has 2 aromatic rings. The molecule has 0 radical (unpaired) electrons. The van der Waals surface area contributed by atoms with Gasteiger partial charge in [0.2, 0.25) is 11.8 Å². The number of hydrogen-bond donors (Lipinski definition) is 0. The number of alkyl halides is 2. The fourth-order valence-electron chi connectivity index (χ4n) is 7.71. The van der Waals surface area contributed by atoms with Gasteiger partial charge in [0.25, 0.3) is 5.91 Å². The van der Waals surface area contributed by atoms with Crippen LogP contribution in [0.2, 0.25) is 0 Å². The number of likely N-dealkylation sites (tertiary alicyclic amines) is 3. The lowest BCUT2D eigenvalue weighted by molar-refractivity contribution is -0.148. The molecule has 1 aliphatic carbocycles. The molecule has 0 spiro atoms. The summed E-state index contributed by atoms with van der Waals surface area (Å²) in [5.41, 5.74) is 1.83. The van der Waals surface area contributed by atoms with E-state index in [2.05, 4.69) is 17.0 Å². The first-order valence-electron chi connectivity index (χ1n) is 14.9. The molecule has 4 fully saturated rings. The van der Waals surface area contributed by atoms with E-state index in [1.807, 2.05) is 28.0 Å². The van der Waals surface area contributed by atoms with Crippen molar-refractivity contribution in [3.63, 3.8) is 0 Å². The molecule has 2 unspecified atom stereocenters. The number of hydrogen-bond acceptors (Lipinski definition) is 5. The van der Waals surface area contributed by atoms with Crippen LogP contribution in [0.3, 0.4) is 0 Å². The van der Waals surface area contributed by atoms with Gasteiger partial charge >= 0.3 is 5.63 Å². The molecule has 4 heterocycles. The van der Waals surface area contributed by atoms with E-state index in [4.69, 9.17) is 4.42 Å². The maximum absolute atomic E-state index is 13.6. The highest BCUT2D eigenvalue weighted by Gasteiger charge is 2.49. The van der Waals surface area contributed by atoms with E-state index in [1.54, 1.807) is 13.8 Å². The molecule has 3 aliphatic heterocycles. The topological polar surface area (TPSA) is 74.1 Å². The van der Waals surface area contributed by atoms with Gasteiger partial charge in [-0.15, -0.1) is 0 Å². The predicted octanol–water partition coefficient (Wildman–Crippen LogP) is 4.26. The Morgan fingerprint density at radius 3 is 2.20 bits per heavy atom. The summed E-state index contributed by atoms with van der Waals surface area (Å²) >= 11 is 0. The molecule has 1 saturated carbocycles. The Balaban J connectivity index is 1.05. The molecule has 41 heavy (non-hydrogen) atoms. The molecule has 2 atom stereocenters. The lowest BCUT2D eigenvalue weighted by Crippen LogP contribution is -2.63. The van der Waals surface area contributed by atoms with Gasteiger partial charge in [-0.05, 0) is 62.6 Å². The Kier molecular flexibility index (Phi) is 7.29. The van der Waals surface area contributed by atoms with E-state index >= 15 is 0 Å². The smallest absolute Gasteiger partial charge is 0.336 e. The van der Waals surface area contributed by atoms with E-state index in [0.29, 0.717) is 54.9 Å². The van der Waals surface area contributed by atoms with Gasteiger partial charge in [0.05, 0.1) is 5.56 Å². The van der Waals surface area contributed by atoms with Gasteiger partial charge in [0.1, 0.15) is 5.76 Å². The van der Waals surface area contributed by atoms with E-state index < -0.39 is 11.5 Å². The summed E-state index contributed by atoms with van der Waals surface area (Å²) in [6.07, 6.45) is 1.08. The molecular weight excluding hydrogens is 528 g/mol. The van der Waals surface area contributed by atoms with Crippen LogP contribution in [0.1, 0.15) is 59.3 Å². The molecule has 0 bridgehead atoms. The first kappa shape index (κ1) is 28.1. The lowest BCUT2D eigenvalue weighted by atomic mass is 9.70. The number of halogens is 2. The van der Waals surface area contributed by atoms with Gasteiger partial charge in [-0.2, -0.15) is 0 Å². The minimum absolute atomic E-state index is 0.0377. The van der Waals surface area contributed by atoms with Crippen LogP contribution < -0.4 is 5.63 Å². The Labute approximate surface area is 239 Å². The first-order valence-corrected chi connectivity index (χ1v) is 14.9. The van der Waals surface area contributed by atoms with E-state index in [9.17, 15) is 23.2 Å². The summed E-state index contributed by atoms with van der Waals surface area (Å²) in [7, 11) is 0. The third-order valence-corrected chi connectivity index (χ3v) is 10.1. The number of nitrogens with zero attached hydrogens (tertiary/aromatic N) is 3. The van der Waals surface area contributed by atoms with Gasteiger partial charge in [0.15, 0.2) is 0 Å². The van der Waals surface area contributed by atoms with E-state index in [1.165, 1.54) is 11.6 Å². The molecule has 3 saturated heterocycles. The monoisotopic (exact) mass is 567 g/mol. The number of benzene rings is 1. The third kappa shape index (κ3) is 5.45. The minimum Gasteiger partial charge on any atom is -0.427 e. The van der Waals surface area contributed by atoms with Crippen molar-refractivity contribution in [3.8, 4) is 0 Å². The quantitative estimate of drug-likeness (QED) is 0.522. The number of rotatable bonds is 6. The van der Waals surface area contributed by atoms with E-state index in [0.717, 1.165) is 26.1 Å². The molecule has 9 heteroatoms. The minimum atomic E-state index is -2.63. The van der Waals surface area contributed by atoms with Crippen LogP contribution in [0, 0.1) is 31.6 Å². The number of amides is 2. The van der Waals surface area contributed by atoms with Crippen molar-refractivity contribution in [1.29, 1.82) is 0 Å². The molecular formula is C32H39F2N3O4. The molecule has 1 aromatic heterocycles. The summed E-state index contributed by atoms with van der Waals surface area (Å²) in [6.45, 7) is 8.90. The average Bonchev–Trinajstić information content (AvgIpc) is 3.47. The van der Waals surface area contributed by atoms with Crippen molar-refractivity contribution in [2.45, 2.75) is 57.3 Å². The van der Waals surface area contributed by atoms with Crippen molar-refractivity contribution >= 4 is 11.8 Å². The largest absolute Gasteiger partial charge is 0.427 e. The van der Waals surface area contributed by atoms with Crippen LogP contribution in [-0.2, 0) is 10.2 Å². The van der Waals surface area contributed by atoms with Gasteiger partial charge in [-0.1, -0.05) is 30.3 Å². The maximum Gasteiger partial charge on any atom is 0.336 e. The predicted molar refractivity (Wildman–Crippen MR) is 150 cm³/mol. The van der Waals surface area contributed by atoms with Crippen LogP contribution in [0.4, 0.5) is 8.78 Å². The highest BCUT2D eigenvalue weighted by Crippen LogP contribution is 2.43. The normalized spacial score (nSPS) is 25.7. The highest BCUT2D eigenvalue weighted by atomic mass is 19.3. The molecule has 220 valence electrons. The SMILES string of the molecule is Cc1cc(=O)oc(C)c1C(=O)N1CC2CN(CCC3(c4ccccc4)CN(C(=O)C4CCC(F)(F)CC4)C3)CC2C1. The Hall–Kier alpha value is -3.07. The average molecular weight is 568 g/mol. The lowest BCUT2D eigenvalue weighted by Gasteiger charge is -2.52. The number of fused-ring (bicyclic) bond motifs is 1. The number of carbonyl (C=O) groups is 2. The molecule has 1 aromatic carbocycles. The van der Waals surface area contributed by atoms with Gasteiger partial charge in [0, 0.05) is 69.5 Å². The van der Waals surface area contributed by atoms with Gasteiger partial charge in [-0.3, -0.25) is 9.59 Å². The second-order valence-electron chi connectivity index (χ2n) is 12.9. The molecule has 4 aliphatic rings. The highest BCUT2D eigenvalue weighted by molar-refractivity contribution is 5.96. The molecule has 2 amide bonds. The van der Waals surface area contributed by atoms with Crippen LogP contribution in [0.25, 0.3) is 0 Å². The van der Waals surface area contributed by atoms with E-state index in [-0.39, 0.29) is 48.8 Å². The van der Waals surface area contributed by atoms with Crippen molar-refractivity contribution in [2.75, 3.05) is 45.8 Å². The van der Waals surface area contributed by atoms with Gasteiger partial charge in [-0.25, -0.2) is 13.6 Å². The van der Waals surface area contributed by atoms with Gasteiger partial charge < -0.3 is 19.1 Å². The molecule has 0 N–H and O–H groups in total. The second-order valence-corrected chi connectivity index (χ2v) is 12.9. The van der Waals surface area contributed by atoms with Crippen molar-refractivity contribution < 1.29 is 22.8 Å². The van der Waals surface area contributed by atoms with Crippen molar-refractivity contribution in [1.82, 2.24) is 14.7 Å². The summed E-state index contributed by atoms with van der Waals surface area (Å²) in [5.74, 6) is -1.75. The van der Waals surface area contributed by atoms with Crippen LogP contribution in [-0.4, -0.2) is 78.2 Å². The second kappa shape index (κ2) is 10.6. The summed E-state index contributed by atoms with van der Waals surface area (Å²) in [4.78, 5) is 44.4. The van der Waals surface area contributed by atoms with Crippen molar-refractivity contribution in [3.05, 3.63) is 69.3 Å².